The number of hydrogen-bond donors (Lipinski definition) is 2. The van der Waals surface area contributed by atoms with E-state index in [1.54, 1.807) is 31.4 Å². The third-order valence-electron chi connectivity index (χ3n) is 4.26. The number of methoxy groups -OCH3 is 1. The van der Waals surface area contributed by atoms with Crippen molar-refractivity contribution in [1.29, 1.82) is 0 Å². The van der Waals surface area contributed by atoms with Gasteiger partial charge in [0.2, 0.25) is 5.91 Å². The molecule has 0 aromatic heterocycles. The molecule has 5 heteroatoms. The normalized spacial score (nSPS) is 11.5. The number of nitrogens with one attached hydrogen (secondary N) is 2. The summed E-state index contributed by atoms with van der Waals surface area (Å²) in [4.78, 5) is 24.8. The van der Waals surface area contributed by atoms with Gasteiger partial charge < -0.3 is 15.4 Å². The maximum atomic E-state index is 12.4. The fourth-order valence-corrected chi connectivity index (χ4v) is 2.62. The Labute approximate surface area is 154 Å². The summed E-state index contributed by atoms with van der Waals surface area (Å²) in [5.74, 6) is 0.440. The lowest BCUT2D eigenvalue weighted by molar-refractivity contribution is -0.115. The van der Waals surface area contributed by atoms with Gasteiger partial charge in [-0.05, 0) is 49.6 Å². The fraction of sp³-hybridized carbons (Fsp3) is 0.333. The van der Waals surface area contributed by atoms with E-state index in [9.17, 15) is 9.59 Å². The molecule has 0 radical (unpaired) electrons. The fourth-order valence-electron chi connectivity index (χ4n) is 2.62. The average molecular weight is 354 g/mol. The van der Waals surface area contributed by atoms with Crippen molar-refractivity contribution >= 4 is 17.5 Å². The summed E-state index contributed by atoms with van der Waals surface area (Å²) in [5.41, 5.74) is 2.85. The monoisotopic (exact) mass is 354 g/mol. The van der Waals surface area contributed by atoms with Crippen molar-refractivity contribution < 1.29 is 14.3 Å². The van der Waals surface area contributed by atoms with E-state index in [0.717, 1.165) is 23.3 Å². The van der Waals surface area contributed by atoms with Crippen LogP contribution in [0.5, 0.6) is 5.75 Å². The van der Waals surface area contributed by atoms with Crippen molar-refractivity contribution in [3.63, 3.8) is 0 Å². The van der Waals surface area contributed by atoms with Gasteiger partial charge in [0, 0.05) is 6.04 Å². The summed E-state index contributed by atoms with van der Waals surface area (Å²) in [7, 11) is 1.62. The Kier molecular flexibility index (Phi) is 6.78. The van der Waals surface area contributed by atoms with Crippen LogP contribution >= 0.6 is 0 Å². The summed E-state index contributed by atoms with van der Waals surface area (Å²) in [5, 5.41) is 5.77. The Balaban J connectivity index is 2.09. The molecule has 2 N–H and O–H groups in total. The Morgan fingerprint density at radius 1 is 1.15 bits per heavy atom. The second-order valence-corrected chi connectivity index (χ2v) is 6.36. The topological polar surface area (TPSA) is 67.4 Å². The van der Waals surface area contributed by atoms with Gasteiger partial charge in [0.1, 0.15) is 5.75 Å². The molecular formula is C21H26N2O3. The molecule has 2 aromatic carbocycles. The Bertz CT molecular complexity index is 787. The van der Waals surface area contributed by atoms with Crippen LogP contribution in [0.4, 0.5) is 5.69 Å². The van der Waals surface area contributed by atoms with Crippen molar-refractivity contribution in [3.05, 3.63) is 59.2 Å². The minimum Gasteiger partial charge on any atom is -0.496 e. The van der Waals surface area contributed by atoms with Crippen LogP contribution in [0.25, 0.3) is 0 Å². The first-order valence-electron chi connectivity index (χ1n) is 8.77. The Morgan fingerprint density at radius 2 is 1.88 bits per heavy atom. The third kappa shape index (κ3) is 5.09. The second-order valence-electron chi connectivity index (χ2n) is 6.36. The molecule has 1 atom stereocenters. The molecule has 2 amide bonds. The molecule has 0 fully saturated rings. The largest absolute Gasteiger partial charge is 0.496 e. The molecule has 2 aromatic rings. The highest BCUT2D eigenvalue weighted by molar-refractivity contribution is 6.04. The van der Waals surface area contributed by atoms with Crippen LogP contribution in [-0.2, 0) is 11.2 Å². The maximum absolute atomic E-state index is 12.4. The Morgan fingerprint density at radius 3 is 2.54 bits per heavy atom. The third-order valence-corrected chi connectivity index (χ3v) is 4.26. The van der Waals surface area contributed by atoms with Crippen molar-refractivity contribution in [1.82, 2.24) is 5.32 Å². The molecule has 0 aliphatic heterocycles. The SMILES string of the molecule is CC[C@@H](C)NC(=O)c1ccccc1NC(=O)Cc1ccc(OC)c(C)c1. The van der Waals surface area contributed by atoms with E-state index >= 15 is 0 Å². The molecule has 0 spiro atoms. The van der Waals surface area contributed by atoms with Crippen LogP contribution in [0.1, 0.15) is 41.8 Å². The number of benzene rings is 2. The van der Waals surface area contributed by atoms with Gasteiger partial charge in [-0.1, -0.05) is 31.2 Å². The highest BCUT2D eigenvalue weighted by Gasteiger charge is 2.15. The molecule has 0 unspecified atom stereocenters. The lowest BCUT2D eigenvalue weighted by Gasteiger charge is -2.15. The molecule has 0 bridgehead atoms. The molecule has 5 nitrogen and oxygen atoms in total. The molecule has 0 aliphatic rings. The van der Waals surface area contributed by atoms with Gasteiger partial charge in [0.25, 0.3) is 5.91 Å². The molecular weight excluding hydrogens is 328 g/mol. The van der Waals surface area contributed by atoms with Crippen molar-refractivity contribution in [2.24, 2.45) is 0 Å². The number of hydrogen-bond acceptors (Lipinski definition) is 3. The summed E-state index contributed by atoms with van der Waals surface area (Å²) in [6, 6.07) is 12.8. The highest BCUT2D eigenvalue weighted by atomic mass is 16.5. The van der Waals surface area contributed by atoms with E-state index in [-0.39, 0.29) is 24.3 Å². The zero-order chi connectivity index (χ0) is 19.1. The number of carbonyl (C=O) groups excluding carboxylic acids is 2. The van der Waals surface area contributed by atoms with Crippen LogP contribution < -0.4 is 15.4 Å². The molecule has 138 valence electrons. The van der Waals surface area contributed by atoms with Gasteiger partial charge in [-0.2, -0.15) is 0 Å². The van der Waals surface area contributed by atoms with Gasteiger partial charge in [-0.3, -0.25) is 9.59 Å². The predicted molar refractivity (Wildman–Crippen MR) is 104 cm³/mol. The minimum absolute atomic E-state index is 0.0773. The molecule has 0 heterocycles. The quantitative estimate of drug-likeness (QED) is 0.796. The van der Waals surface area contributed by atoms with E-state index in [1.165, 1.54) is 0 Å². The lowest BCUT2D eigenvalue weighted by Crippen LogP contribution is -2.32. The van der Waals surface area contributed by atoms with Gasteiger partial charge >= 0.3 is 0 Å². The van der Waals surface area contributed by atoms with Crippen LogP contribution in [0, 0.1) is 6.92 Å². The van der Waals surface area contributed by atoms with Crippen molar-refractivity contribution in [3.8, 4) is 5.75 Å². The van der Waals surface area contributed by atoms with Crippen molar-refractivity contribution in [2.75, 3.05) is 12.4 Å². The van der Waals surface area contributed by atoms with E-state index in [1.807, 2.05) is 39.0 Å². The number of carbonyl (C=O) groups is 2. The summed E-state index contributed by atoms with van der Waals surface area (Å²) < 4.78 is 5.24. The second kappa shape index (κ2) is 9.04. The van der Waals surface area contributed by atoms with E-state index in [4.69, 9.17) is 4.74 Å². The standard InChI is InChI=1S/C21H26N2O3/c1-5-15(3)22-21(25)17-8-6-7-9-18(17)23-20(24)13-16-10-11-19(26-4)14(2)12-16/h6-12,15H,5,13H2,1-4H3,(H,22,25)(H,23,24)/t15-/m1/s1. The van der Waals surface area contributed by atoms with E-state index < -0.39 is 0 Å². The average Bonchev–Trinajstić information content (AvgIpc) is 2.62. The summed E-state index contributed by atoms with van der Waals surface area (Å²) in [6.07, 6.45) is 1.07. The Hall–Kier alpha value is -2.82. The first-order valence-corrected chi connectivity index (χ1v) is 8.77. The van der Waals surface area contributed by atoms with Gasteiger partial charge in [0.15, 0.2) is 0 Å². The molecule has 0 aliphatic carbocycles. The zero-order valence-electron chi connectivity index (χ0n) is 15.8. The molecule has 0 saturated heterocycles. The van der Waals surface area contributed by atoms with Gasteiger partial charge in [-0.25, -0.2) is 0 Å². The van der Waals surface area contributed by atoms with Gasteiger partial charge in [0.05, 0.1) is 24.8 Å². The molecule has 0 saturated carbocycles. The van der Waals surface area contributed by atoms with Crippen LogP contribution in [-0.4, -0.2) is 25.0 Å². The molecule has 26 heavy (non-hydrogen) atoms. The lowest BCUT2D eigenvalue weighted by atomic mass is 10.1. The number of anilines is 1. The first-order chi connectivity index (χ1) is 12.4. The number of ether oxygens (including phenoxy) is 1. The summed E-state index contributed by atoms with van der Waals surface area (Å²) >= 11 is 0. The van der Waals surface area contributed by atoms with Gasteiger partial charge in [-0.15, -0.1) is 0 Å². The highest BCUT2D eigenvalue weighted by Crippen LogP contribution is 2.20. The smallest absolute Gasteiger partial charge is 0.253 e. The summed E-state index contributed by atoms with van der Waals surface area (Å²) in [6.45, 7) is 5.90. The number of aryl methyl sites for hydroxylation is 1. The van der Waals surface area contributed by atoms with E-state index in [0.29, 0.717) is 11.3 Å². The molecule has 2 rings (SSSR count). The first kappa shape index (κ1) is 19.5. The zero-order valence-corrected chi connectivity index (χ0v) is 15.8. The van der Waals surface area contributed by atoms with Crippen LogP contribution in [0.15, 0.2) is 42.5 Å². The minimum atomic E-state index is -0.185. The number of amides is 2. The van der Waals surface area contributed by atoms with E-state index in [2.05, 4.69) is 10.6 Å². The maximum Gasteiger partial charge on any atom is 0.253 e. The number of para-hydroxylation sites is 1. The van der Waals surface area contributed by atoms with Crippen LogP contribution in [0.2, 0.25) is 0 Å². The number of rotatable bonds is 7. The predicted octanol–water partition coefficient (Wildman–Crippen LogP) is 3.71. The van der Waals surface area contributed by atoms with Crippen LogP contribution in [0.3, 0.4) is 0 Å². The van der Waals surface area contributed by atoms with Crippen molar-refractivity contribution in [2.45, 2.75) is 39.7 Å².